The molecular weight excluding hydrogens is 328 g/mol. The van der Waals surface area contributed by atoms with E-state index in [1.165, 1.54) is 6.42 Å². The van der Waals surface area contributed by atoms with Gasteiger partial charge in [0, 0.05) is 12.0 Å². The number of ether oxygens (including phenoxy) is 2. The molecule has 2 aromatic carbocycles. The molecule has 2 atom stereocenters. The van der Waals surface area contributed by atoms with Crippen LogP contribution in [-0.2, 0) is 14.9 Å². The van der Waals surface area contributed by atoms with Crippen LogP contribution < -0.4 is 4.74 Å². The number of esters is 1. The van der Waals surface area contributed by atoms with Gasteiger partial charge in [-0.2, -0.15) is 0 Å². The highest BCUT2D eigenvalue weighted by molar-refractivity contribution is 5.98. The second kappa shape index (κ2) is 5.71. The van der Waals surface area contributed by atoms with E-state index in [1.807, 2.05) is 36.4 Å². The van der Waals surface area contributed by atoms with Crippen LogP contribution in [0.15, 0.2) is 36.4 Å². The molecule has 26 heavy (non-hydrogen) atoms. The molecule has 2 aliphatic carbocycles. The maximum atomic E-state index is 13.5. The average molecular weight is 352 g/mol. The number of benzene rings is 2. The molecule has 4 heteroatoms. The van der Waals surface area contributed by atoms with Gasteiger partial charge in [0.05, 0.1) is 0 Å². The molecule has 4 nitrogen and oxygen atoms in total. The van der Waals surface area contributed by atoms with Crippen molar-refractivity contribution in [3.8, 4) is 5.75 Å². The summed E-state index contributed by atoms with van der Waals surface area (Å²) < 4.78 is 12.0. The average Bonchev–Trinajstić information content (AvgIpc) is 3.12. The molecule has 1 N–H and O–H groups in total. The summed E-state index contributed by atoms with van der Waals surface area (Å²) in [6.07, 6.45) is 6.99. The normalized spacial score (nSPS) is 30.7. The van der Waals surface area contributed by atoms with Gasteiger partial charge in [-0.25, -0.2) is 0 Å². The lowest BCUT2D eigenvalue weighted by Gasteiger charge is -2.35. The number of carbonyl (C=O) groups excluding carboxylic acids is 1. The largest absolute Gasteiger partial charge is 0.462 e. The number of carbonyl (C=O) groups is 1. The maximum Gasteiger partial charge on any atom is 0.323 e. The SMILES string of the molecule is O=C(OC1CCCCC1)[C@]12CCC[C@@]1(O)Oc1ccc3ccccc3c12. The first-order valence-electron chi connectivity index (χ1n) is 9.79. The minimum Gasteiger partial charge on any atom is -0.462 e. The Kier molecular flexibility index (Phi) is 3.54. The molecule has 0 bridgehead atoms. The molecular formula is C22H24O4. The van der Waals surface area contributed by atoms with Gasteiger partial charge >= 0.3 is 5.97 Å². The number of rotatable bonds is 2. The van der Waals surface area contributed by atoms with Gasteiger partial charge in [-0.15, -0.1) is 0 Å². The second-order valence-electron chi connectivity index (χ2n) is 7.97. The highest BCUT2D eigenvalue weighted by Crippen LogP contribution is 2.59. The van der Waals surface area contributed by atoms with Gasteiger partial charge in [-0.1, -0.05) is 36.8 Å². The van der Waals surface area contributed by atoms with E-state index in [9.17, 15) is 9.90 Å². The Morgan fingerprint density at radius 2 is 1.85 bits per heavy atom. The van der Waals surface area contributed by atoms with E-state index in [4.69, 9.17) is 9.47 Å². The Morgan fingerprint density at radius 3 is 2.69 bits per heavy atom. The van der Waals surface area contributed by atoms with E-state index < -0.39 is 11.2 Å². The monoisotopic (exact) mass is 352 g/mol. The molecule has 0 spiro atoms. The van der Waals surface area contributed by atoms with E-state index >= 15 is 0 Å². The fourth-order valence-corrected chi connectivity index (χ4v) is 5.22. The van der Waals surface area contributed by atoms with Crippen LogP contribution in [0.4, 0.5) is 0 Å². The molecule has 0 unspecified atom stereocenters. The standard InChI is InChI=1S/C22H24O4/c23-20(25-16-8-2-1-3-9-16)21-13-6-14-22(21,24)26-18-12-11-15-7-4-5-10-17(15)19(18)21/h4-5,7,10-12,16,24H,1-3,6,8-9,13-14H2/t21-,22-/m1/s1. The zero-order valence-corrected chi connectivity index (χ0v) is 14.9. The molecule has 0 amide bonds. The zero-order chi connectivity index (χ0) is 17.8. The van der Waals surface area contributed by atoms with Crippen molar-refractivity contribution in [3.05, 3.63) is 42.0 Å². The van der Waals surface area contributed by atoms with E-state index in [2.05, 4.69) is 0 Å². The summed E-state index contributed by atoms with van der Waals surface area (Å²) in [7, 11) is 0. The van der Waals surface area contributed by atoms with Crippen molar-refractivity contribution >= 4 is 16.7 Å². The molecule has 1 heterocycles. The lowest BCUT2D eigenvalue weighted by atomic mass is 9.74. The number of hydrogen-bond acceptors (Lipinski definition) is 4. The Balaban J connectivity index is 1.64. The quantitative estimate of drug-likeness (QED) is 0.822. The minimum atomic E-state index is -1.49. The van der Waals surface area contributed by atoms with Gasteiger partial charge in [0.2, 0.25) is 5.79 Å². The van der Waals surface area contributed by atoms with E-state index in [0.717, 1.165) is 48.4 Å². The fraction of sp³-hybridized carbons (Fsp3) is 0.500. The van der Waals surface area contributed by atoms with Crippen molar-refractivity contribution in [2.45, 2.75) is 68.7 Å². The number of aliphatic hydroxyl groups is 1. The number of hydrogen-bond donors (Lipinski definition) is 1. The molecule has 3 aliphatic rings. The Hall–Kier alpha value is -2.07. The Labute approximate surface area is 153 Å². The van der Waals surface area contributed by atoms with Crippen LogP contribution in [0.3, 0.4) is 0 Å². The number of fused-ring (bicyclic) bond motifs is 5. The van der Waals surface area contributed by atoms with Crippen LogP contribution in [0.5, 0.6) is 5.75 Å². The smallest absolute Gasteiger partial charge is 0.323 e. The molecule has 1 aliphatic heterocycles. The predicted octanol–water partition coefficient (Wildman–Crippen LogP) is 4.22. The van der Waals surface area contributed by atoms with Gasteiger partial charge in [-0.05, 0) is 55.4 Å². The summed E-state index contributed by atoms with van der Waals surface area (Å²) in [5.41, 5.74) is -0.294. The zero-order valence-electron chi connectivity index (χ0n) is 14.9. The van der Waals surface area contributed by atoms with Gasteiger partial charge in [0.25, 0.3) is 0 Å². The van der Waals surface area contributed by atoms with Crippen LogP contribution in [0.25, 0.3) is 10.8 Å². The van der Waals surface area contributed by atoms with Crippen LogP contribution in [0.2, 0.25) is 0 Å². The molecule has 2 fully saturated rings. The van der Waals surface area contributed by atoms with Gasteiger partial charge in [-0.3, -0.25) is 4.79 Å². The summed E-state index contributed by atoms with van der Waals surface area (Å²) in [6, 6.07) is 11.9. The second-order valence-corrected chi connectivity index (χ2v) is 7.97. The molecule has 2 saturated carbocycles. The first kappa shape index (κ1) is 16.1. The van der Waals surface area contributed by atoms with E-state index in [-0.39, 0.29) is 12.1 Å². The highest BCUT2D eigenvalue weighted by atomic mass is 16.6. The molecule has 0 saturated heterocycles. The van der Waals surface area contributed by atoms with E-state index in [1.54, 1.807) is 0 Å². The van der Waals surface area contributed by atoms with Crippen LogP contribution in [0, 0.1) is 0 Å². The van der Waals surface area contributed by atoms with Crippen LogP contribution >= 0.6 is 0 Å². The lowest BCUT2D eigenvalue weighted by molar-refractivity contribution is -0.192. The van der Waals surface area contributed by atoms with Crippen molar-refractivity contribution in [2.75, 3.05) is 0 Å². The molecule has 136 valence electrons. The summed E-state index contributed by atoms with van der Waals surface area (Å²) in [5.74, 6) is -1.18. The third-order valence-electron chi connectivity index (χ3n) is 6.51. The molecule has 2 aromatic rings. The molecule has 5 rings (SSSR count). The minimum absolute atomic E-state index is 0.0329. The maximum absolute atomic E-state index is 13.5. The lowest BCUT2D eigenvalue weighted by Crippen LogP contribution is -2.53. The Morgan fingerprint density at radius 1 is 1.04 bits per heavy atom. The van der Waals surface area contributed by atoms with E-state index in [0.29, 0.717) is 18.6 Å². The summed E-state index contributed by atoms with van der Waals surface area (Å²) >= 11 is 0. The Bertz CT molecular complexity index is 870. The molecule has 0 aromatic heterocycles. The van der Waals surface area contributed by atoms with Gasteiger partial charge in [0.1, 0.15) is 11.9 Å². The third kappa shape index (κ3) is 2.08. The summed E-state index contributed by atoms with van der Waals surface area (Å²) in [4.78, 5) is 13.5. The van der Waals surface area contributed by atoms with Gasteiger partial charge in [0.15, 0.2) is 5.41 Å². The third-order valence-corrected chi connectivity index (χ3v) is 6.51. The van der Waals surface area contributed by atoms with Crippen LogP contribution in [-0.4, -0.2) is 23.0 Å². The predicted molar refractivity (Wildman–Crippen MR) is 98.0 cm³/mol. The van der Waals surface area contributed by atoms with Crippen LogP contribution in [0.1, 0.15) is 56.9 Å². The van der Waals surface area contributed by atoms with Crippen molar-refractivity contribution in [3.63, 3.8) is 0 Å². The summed E-state index contributed by atoms with van der Waals surface area (Å²) in [5, 5.41) is 13.4. The fourth-order valence-electron chi connectivity index (χ4n) is 5.22. The topological polar surface area (TPSA) is 55.8 Å². The summed E-state index contributed by atoms with van der Waals surface area (Å²) in [6.45, 7) is 0. The van der Waals surface area contributed by atoms with Gasteiger partial charge < -0.3 is 14.6 Å². The van der Waals surface area contributed by atoms with Crippen molar-refractivity contribution in [1.82, 2.24) is 0 Å². The van der Waals surface area contributed by atoms with Crippen molar-refractivity contribution < 1.29 is 19.4 Å². The first-order valence-corrected chi connectivity index (χ1v) is 9.79. The molecule has 0 radical (unpaired) electrons. The van der Waals surface area contributed by atoms with Crippen molar-refractivity contribution in [1.29, 1.82) is 0 Å². The van der Waals surface area contributed by atoms with Crippen molar-refractivity contribution in [2.24, 2.45) is 0 Å². The first-order chi connectivity index (χ1) is 12.6. The highest BCUT2D eigenvalue weighted by Gasteiger charge is 2.68.